The first-order valence-electron chi connectivity index (χ1n) is 5.46. The van der Waals surface area contributed by atoms with Gasteiger partial charge in [-0.3, -0.25) is 14.9 Å². The van der Waals surface area contributed by atoms with E-state index in [9.17, 15) is 19.3 Å². The van der Waals surface area contributed by atoms with Gasteiger partial charge in [-0.25, -0.2) is 0 Å². The number of amides is 1. The predicted octanol–water partition coefficient (Wildman–Crippen LogP) is 2.55. The van der Waals surface area contributed by atoms with Crippen LogP contribution in [-0.4, -0.2) is 28.8 Å². The van der Waals surface area contributed by atoms with E-state index in [1.165, 1.54) is 23.1 Å². The highest BCUT2D eigenvalue weighted by Crippen LogP contribution is 2.19. The fourth-order valence-electron chi connectivity index (χ4n) is 1.52. The molecule has 0 saturated heterocycles. The highest BCUT2D eigenvalue weighted by Gasteiger charge is 2.19. The fourth-order valence-corrected chi connectivity index (χ4v) is 1.52. The molecule has 100 valence electrons. The smallest absolute Gasteiger partial charge is 0.304 e. The lowest BCUT2D eigenvalue weighted by Crippen LogP contribution is -2.31. The third-order valence-electron chi connectivity index (χ3n) is 2.38. The van der Waals surface area contributed by atoms with E-state index in [1.807, 2.05) is 0 Å². The van der Waals surface area contributed by atoms with E-state index in [0.717, 1.165) is 12.1 Å². The zero-order valence-corrected chi connectivity index (χ0v) is 10.2. The molecule has 19 heavy (non-hydrogen) atoms. The van der Waals surface area contributed by atoms with Gasteiger partial charge in [0.15, 0.2) is 0 Å². The zero-order chi connectivity index (χ0) is 14.4. The molecule has 0 aliphatic rings. The molecule has 0 N–H and O–H groups in total. The average Bonchev–Trinajstić information content (AvgIpc) is 2.37. The molecule has 5 nitrogen and oxygen atoms in total. The molecule has 0 unspecified atom stereocenters. The largest absolute Gasteiger partial charge is 0.331 e. The molecular weight excluding hydrogens is 251 g/mol. The Bertz CT molecular complexity index is 519. The number of carbonyl (C=O) groups is 1. The standard InChI is InChI=1S/C13H13FN2O3/c1-3-7-15(8-4-2)13(17)10-5-6-12(16(18)19)11(14)9-10/h3-6,9H,1-2,7-8H2. The Labute approximate surface area is 109 Å². The van der Waals surface area contributed by atoms with E-state index in [2.05, 4.69) is 13.2 Å². The van der Waals surface area contributed by atoms with Gasteiger partial charge in [0.2, 0.25) is 5.82 Å². The second-order valence-electron chi connectivity index (χ2n) is 3.71. The molecule has 0 aromatic heterocycles. The van der Waals surface area contributed by atoms with Crippen LogP contribution in [0.3, 0.4) is 0 Å². The first-order valence-corrected chi connectivity index (χ1v) is 5.46. The highest BCUT2D eigenvalue weighted by atomic mass is 19.1. The van der Waals surface area contributed by atoms with E-state index < -0.39 is 22.3 Å². The zero-order valence-electron chi connectivity index (χ0n) is 10.2. The van der Waals surface area contributed by atoms with Crippen molar-refractivity contribution < 1.29 is 14.1 Å². The van der Waals surface area contributed by atoms with Crippen LogP contribution >= 0.6 is 0 Å². The Balaban J connectivity index is 3.04. The number of hydrogen-bond acceptors (Lipinski definition) is 3. The number of hydrogen-bond donors (Lipinski definition) is 0. The van der Waals surface area contributed by atoms with Gasteiger partial charge in [-0.05, 0) is 12.1 Å². The molecule has 0 atom stereocenters. The van der Waals surface area contributed by atoms with Gasteiger partial charge in [0.1, 0.15) is 0 Å². The normalized spacial score (nSPS) is 9.74. The average molecular weight is 264 g/mol. The van der Waals surface area contributed by atoms with Crippen molar-refractivity contribution in [3.63, 3.8) is 0 Å². The van der Waals surface area contributed by atoms with Crippen LogP contribution in [0.5, 0.6) is 0 Å². The van der Waals surface area contributed by atoms with Gasteiger partial charge in [-0.15, -0.1) is 13.2 Å². The minimum Gasteiger partial charge on any atom is -0.331 e. The molecule has 0 radical (unpaired) electrons. The summed E-state index contributed by atoms with van der Waals surface area (Å²) in [5.74, 6) is -1.47. The summed E-state index contributed by atoms with van der Waals surface area (Å²) in [6.07, 6.45) is 3.06. The molecule has 1 aromatic carbocycles. The van der Waals surface area contributed by atoms with Gasteiger partial charge in [0, 0.05) is 24.7 Å². The van der Waals surface area contributed by atoms with Crippen LogP contribution in [0.1, 0.15) is 10.4 Å². The summed E-state index contributed by atoms with van der Waals surface area (Å²) in [5.41, 5.74) is -0.609. The van der Waals surface area contributed by atoms with Crippen molar-refractivity contribution in [2.24, 2.45) is 0 Å². The third-order valence-corrected chi connectivity index (χ3v) is 2.38. The Morgan fingerprint density at radius 3 is 2.37 bits per heavy atom. The number of nitro benzene ring substituents is 1. The maximum absolute atomic E-state index is 13.4. The summed E-state index contributed by atoms with van der Waals surface area (Å²) >= 11 is 0. The molecule has 0 heterocycles. The van der Waals surface area contributed by atoms with Crippen molar-refractivity contribution in [1.29, 1.82) is 0 Å². The Morgan fingerprint density at radius 2 is 1.95 bits per heavy atom. The molecule has 1 amide bonds. The van der Waals surface area contributed by atoms with Crippen LogP contribution in [0.25, 0.3) is 0 Å². The maximum atomic E-state index is 13.4. The molecular formula is C13H13FN2O3. The lowest BCUT2D eigenvalue weighted by molar-refractivity contribution is -0.387. The summed E-state index contributed by atoms with van der Waals surface area (Å²) in [6, 6.07) is 3.06. The number of benzene rings is 1. The van der Waals surface area contributed by atoms with E-state index >= 15 is 0 Å². The van der Waals surface area contributed by atoms with E-state index in [-0.39, 0.29) is 18.7 Å². The van der Waals surface area contributed by atoms with Gasteiger partial charge in [0.05, 0.1) is 4.92 Å². The number of carbonyl (C=O) groups excluding carboxylic acids is 1. The van der Waals surface area contributed by atoms with Crippen molar-refractivity contribution in [2.45, 2.75) is 0 Å². The number of halogens is 1. The van der Waals surface area contributed by atoms with Crippen molar-refractivity contribution in [3.8, 4) is 0 Å². The van der Waals surface area contributed by atoms with Crippen LogP contribution in [-0.2, 0) is 0 Å². The Kier molecular flexibility index (Phi) is 4.93. The van der Waals surface area contributed by atoms with Crippen molar-refractivity contribution in [2.75, 3.05) is 13.1 Å². The maximum Gasteiger partial charge on any atom is 0.304 e. The SMILES string of the molecule is C=CCN(CC=C)C(=O)c1ccc([N+](=O)[O-])c(F)c1. The number of nitrogens with zero attached hydrogens (tertiary/aromatic N) is 2. The summed E-state index contributed by atoms with van der Waals surface area (Å²) in [7, 11) is 0. The van der Waals surface area contributed by atoms with Gasteiger partial charge < -0.3 is 4.90 Å². The minimum absolute atomic E-state index is 0.0480. The minimum atomic E-state index is -1.03. The van der Waals surface area contributed by atoms with Crippen molar-refractivity contribution in [3.05, 3.63) is 65.0 Å². The number of nitro groups is 1. The van der Waals surface area contributed by atoms with E-state index in [1.54, 1.807) is 0 Å². The van der Waals surface area contributed by atoms with Crippen LogP contribution in [0.15, 0.2) is 43.5 Å². The molecule has 0 saturated carbocycles. The van der Waals surface area contributed by atoms with Crippen molar-refractivity contribution in [1.82, 2.24) is 4.90 Å². The van der Waals surface area contributed by atoms with Crippen molar-refractivity contribution >= 4 is 11.6 Å². The lowest BCUT2D eigenvalue weighted by atomic mass is 10.1. The molecule has 1 aromatic rings. The predicted molar refractivity (Wildman–Crippen MR) is 69.4 cm³/mol. The summed E-state index contributed by atoms with van der Waals surface area (Å²) < 4.78 is 13.4. The number of rotatable bonds is 6. The second kappa shape index (κ2) is 6.44. The molecule has 1 rings (SSSR count). The van der Waals surface area contributed by atoms with Gasteiger partial charge in [-0.1, -0.05) is 12.2 Å². The Morgan fingerprint density at radius 1 is 1.37 bits per heavy atom. The highest BCUT2D eigenvalue weighted by molar-refractivity contribution is 5.94. The Hall–Kier alpha value is -2.50. The summed E-state index contributed by atoms with van der Waals surface area (Å²) in [5, 5.41) is 10.5. The van der Waals surface area contributed by atoms with Crippen LogP contribution in [0.2, 0.25) is 0 Å². The third kappa shape index (κ3) is 3.48. The lowest BCUT2D eigenvalue weighted by Gasteiger charge is -2.19. The quantitative estimate of drug-likeness (QED) is 0.450. The second-order valence-corrected chi connectivity index (χ2v) is 3.71. The van der Waals surface area contributed by atoms with Gasteiger partial charge in [0.25, 0.3) is 5.91 Å². The van der Waals surface area contributed by atoms with E-state index in [4.69, 9.17) is 0 Å². The van der Waals surface area contributed by atoms with Crippen LogP contribution in [0, 0.1) is 15.9 Å². The summed E-state index contributed by atoms with van der Waals surface area (Å²) in [6.45, 7) is 7.61. The molecule has 0 aliphatic carbocycles. The monoisotopic (exact) mass is 264 g/mol. The fraction of sp³-hybridized carbons (Fsp3) is 0.154. The first-order chi connectivity index (χ1) is 9.01. The first kappa shape index (κ1) is 14.6. The van der Waals surface area contributed by atoms with Crippen LogP contribution < -0.4 is 0 Å². The molecule has 6 heteroatoms. The van der Waals surface area contributed by atoms with Crippen LogP contribution in [0.4, 0.5) is 10.1 Å². The van der Waals surface area contributed by atoms with Gasteiger partial charge >= 0.3 is 5.69 Å². The molecule has 0 fully saturated rings. The molecule has 0 aliphatic heterocycles. The topological polar surface area (TPSA) is 63.5 Å². The van der Waals surface area contributed by atoms with Gasteiger partial charge in [-0.2, -0.15) is 4.39 Å². The molecule has 0 spiro atoms. The molecule has 0 bridgehead atoms. The van der Waals surface area contributed by atoms with E-state index in [0.29, 0.717) is 0 Å². The summed E-state index contributed by atoms with van der Waals surface area (Å²) in [4.78, 5) is 23.1.